The molecule has 0 saturated carbocycles. The monoisotopic (exact) mass is 250 g/mol. The minimum absolute atomic E-state index is 0.0819. The van der Waals surface area contributed by atoms with Crippen molar-refractivity contribution in [3.8, 4) is 5.75 Å². The van der Waals surface area contributed by atoms with E-state index >= 15 is 0 Å². The van der Waals surface area contributed by atoms with Crippen LogP contribution in [0.15, 0.2) is 18.2 Å². The van der Waals surface area contributed by atoms with E-state index in [1.165, 1.54) is 0 Å². The zero-order valence-corrected chi connectivity index (χ0v) is 11.8. The van der Waals surface area contributed by atoms with Crippen LogP contribution in [0, 0.1) is 12.3 Å². The van der Waals surface area contributed by atoms with Gasteiger partial charge in [0, 0.05) is 0 Å². The Morgan fingerprint density at radius 2 is 2.00 bits per heavy atom. The number of rotatable bonds is 5. The Morgan fingerprint density at radius 3 is 2.50 bits per heavy atom. The molecular weight excluding hydrogens is 228 g/mol. The molecule has 0 aliphatic heterocycles. The Morgan fingerprint density at radius 1 is 1.39 bits per heavy atom. The predicted octanol–water partition coefficient (Wildman–Crippen LogP) is 3.44. The lowest BCUT2D eigenvalue weighted by Crippen LogP contribution is -2.27. The second-order valence-corrected chi connectivity index (χ2v) is 5.58. The van der Waals surface area contributed by atoms with Gasteiger partial charge in [0.25, 0.3) is 0 Å². The molecule has 0 aliphatic carbocycles. The summed E-state index contributed by atoms with van der Waals surface area (Å²) in [6.07, 6.45) is 0.551. The molecule has 1 N–H and O–H groups in total. The second kappa shape index (κ2) is 5.42. The Kier molecular flexibility index (Phi) is 4.38. The van der Waals surface area contributed by atoms with Crippen LogP contribution >= 0.6 is 0 Å². The fraction of sp³-hybridized carbons (Fsp3) is 0.533. The van der Waals surface area contributed by atoms with E-state index < -0.39 is 11.4 Å². The molecule has 18 heavy (non-hydrogen) atoms. The molecule has 0 bridgehead atoms. The average molecular weight is 250 g/mol. The van der Waals surface area contributed by atoms with Crippen LogP contribution in [0.2, 0.25) is 0 Å². The maximum absolute atomic E-state index is 11.2. The van der Waals surface area contributed by atoms with Crippen LogP contribution in [0.3, 0.4) is 0 Å². The van der Waals surface area contributed by atoms with Gasteiger partial charge in [-0.25, -0.2) is 0 Å². The molecule has 100 valence electrons. The first-order valence-corrected chi connectivity index (χ1v) is 6.22. The van der Waals surface area contributed by atoms with Crippen molar-refractivity contribution >= 4 is 5.97 Å². The number of carboxylic acids is 1. The molecule has 0 aliphatic rings. The molecule has 0 atom stereocenters. The van der Waals surface area contributed by atoms with Crippen molar-refractivity contribution in [2.24, 2.45) is 5.41 Å². The number of benzene rings is 1. The topological polar surface area (TPSA) is 46.5 Å². The van der Waals surface area contributed by atoms with Crippen molar-refractivity contribution in [3.05, 3.63) is 29.3 Å². The van der Waals surface area contributed by atoms with Gasteiger partial charge in [-0.3, -0.25) is 4.79 Å². The summed E-state index contributed by atoms with van der Waals surface area (Å²) in [5.41, 5.74) is 1.27. The molecule has 0 fully saturated rings. The molecule has 0 spiro atoms. The fourth-order valence-electron chi connectivity index (χ4n) is 1.78. The van der Waals surface area contributed by atoms with Crippen LogP contribution in [-0.4, -0.2) is 17.2 Å². The summed E-state index contributed by atoms with van der Waals surface area (Å²) >= 11 is 0. The summed E-state index contributed by atoms with van der Waals surface area (Å²) in [7, 11) is 0. The fourth-order valence-corrected chi connectivity index (χ4v) is 1.78. The molecule has 0 saturated heterocycles. The van der Waals surface area contributed by atoms with Crippen molar-refractivity contribution in [2.75, 3.05) is 0 Å². The summed E-state index contributed by atoms with van der Waals surface area (Å²) < 4.78 is 5.76. The normalized spacial score (nSPS) is 11.7. The number of aryl methyl sites for hydroxylation is 1. The standard InChI is InChI=1S/C15H22O3/c1-10(2)18-13-8-6-7-11(3)12(13)9-15(4,5)14(16)17/h6-8,10H,9H2,1-5H3,(H,16,17). The average Bonchev–Trinajstić information content (AvgIpc) is 2.22. The number of carboxylic acid groups (broad SMARTS) is 1. The summed E-state index contributed by atoms with van der Waals surface area (Å²) in [5, 5.41) is 9.23. The summed E-state index contributed by atoms with van der Waals surface area (Å²) in [5.74, 6) is 0.000532. The smallest absolute Gasteiger partial charge is 0.309 e. The van der Waals surface area contributed by atoms with Gasteiger partial charge in [-0.15, -0.1) is 0 Å². The van der Waals surface area contributed by atoms with Gasteiger partial charge in [0.1, 0.15) is 5.75 Å². The SMILES string of the molecule is Cc1cccc(OC(C)C)c1CC(C)(C)C(=O)O. The lowest BCUT2D eigenvalue weighted by Gasteiger charge is -2.23. The third-order valence-electron chi connectivity index (χ3n) is 2.93. The van der Waals surface area contributed by atoms with Gasteiger partial charge < -0.3 is 9.84 Å². The van der Waals surface area contributed by atoms with E-state index in [4.69, 9.17) is 4.74 Å². The van der Waals surface area contributed by atoms with E-state index in [-0.39, 0.29) is 6.10 Å². The van der Waals surface area contributed by atoms with Crippen LogP contribution in [0.5, 0.6) is 5.75 Å². The van der Waals surface area contributed by atoms with Crippen molar-refractivity contribution in [3.63, 3.8) is 0 Å². The Bertz CT molecular complexity index is 433. The van der Waals surface area contributed by atoms with Crippen molar-refractivity contribution < 1.29 is 14.6 Å². The van der Waals surface area contributed by atoms with Crippen molar-refractivity contribution in [2.45, 2.75) is 47.1 Å². The lowest BCUT2D eigenvalue weighted by atomic mass is 9.84. The minimum atomic E-state index is -0.791. The van der Waals surface area contributed by atoms with E-state index in [9.17, 15) is 9.90 Å². The van der Waals surface area contributed by atoms with Crippen LogP contribution in [0.4, 0.5) is 0 Å². The first-order valence-electron chi connectivity index (χ1n) is 6.22. The highest BCUT2D eigenvalue weighted by atomic mass is 16.5. The lowest BCUT2D eigenvalue weighted by molar-refractivity contribution is -0.146. The minimum Gasteiger partial charge on any atom is -0.491 e. The highest BCUT2D eigenvalue weighted by Gasteiger charge is 2.29. The Hall–Kier alpha value is -1.51. The highest BCUT2D eigenvalue weighted by Crippen LogP contribution is 2.31. The number of carbonyl (C=O) groups is 1. The number of aliphatic carboxylic acids is 1. The van der Waals surface area contributed by atoms with Crippen molar-refractivity contribution in [1.82, 2.24) is 0 Å². The van der Waals surface area contributed by atoms with E-state index in [2.05, 4.69) is 0 Å². The zero-order chi connectivity index (χ0) is 13.9. The molecule has 1 aromatic rings. The van der Waals surface area contributed by atoms with Gasteiger partial charge in [0.05, 0.1) is 11.5 Å². The third kappa shape index (κ3) is 3.49. The molecule has 0 heterocycles. The highest BCUT2D eigenvalue weighted by molar-refractivity contribution is 5.74. The maximum Gasteiger partial charge on any atom is 0.309 e. The van der Waals surface area contributed by atoms with Crippen LogP contribution in [-0.2, 0) is 11.2 Å². The van der Waals surface area contributed by atoms with Gasteiger partial charge >= 0.3 is 5.97 Å². The first-order chi connectivity index (χ1) is 8.24. The zero-order valence-electron chi connectivity index (χ0n) is 11.8. The molecule has 0 unspecified atom stereocenters. The van der Waals surface area contributed by atoms with Crippen molar-refractivity contribution in [1.29, 1.82) is 0 Å². The number of hydrogen-bond donors (Lipinski definition) is 1. The third-order valence-corrected chi connectivity index (χ3v) is 2.93. The molecule has 0 aromatic heterocycles. The van der Waals surface area contributed by atoms with Gasteiger partial charge in [-0.1, -0.05) is 12.1 Å². The van der Waals surface area contributed by atoms with E-state index in [1.807, 2.05) is 39.0 Å². The van der Waals surface area contributed by atoms with Crippen LogP contribution in [0.25, 0.3) is 0 Å². The van der Waals surface area contributed by atoms with E-state index in [1.54, 1.807) is 13.8 Å². The number of ether oxygens (including phenoxy) is 1. The summed E-state index contributed by atoms with van der Waals surface area (Å²) in [6, 6.07) is 5.82. The summed E-state index contributed by atoms with van der Waals surface area (Å²) in [6.45, 7) is 9.39. The second-order valence-electron chi connectivity index (χ2n) is 5.58. The Labute approximate surface area is 109 Å². The van der Waals surface area contributed by atoms with Gasteiger partial charge in [-0.05, 0) is 58.2 Å². The van der Waals surface area contributed by atoms with E-state index in [0.717, 1.165) is 16.9 Å². The molecule has 1 aromatic carbocycles. The van der Waals surface area contributed by atoms with E-state index in [0.29, 0.717) is 6.42 Å². The molecule has 1 rings (SSSR count). The molecule has 3 heteroatoms. The largest absolute Gasteiger partial charge is 0.491 e. The molecular formula is C15H22O3. The van der Waals surface area contributed by atoms with Gasteiger partial charge in [0.15, 0.2) is 0 Å². The van der Waals surface area contributed by atoms with Gasteiger partial charge in [0.2, 0.25) is 0 Å². The molecule has 3 nitrogen and oxygen atoms in total. The van der Waals surface area contributed by atoms with Gasteiger partial charge in [-0.2, -0.15) is 0 Å². The van der Waals surface area contributed by atoms with Crippen LogP contribution < -0.4 is 4.74 Å². The predicted molar refractivity (Wildman–Crippen MR) is 72.1 cm³/mol. The first kappa shape index (κ1) is 14.6. The summed E-state index contributed by atoms with van der Waals surface area (Å²) in [4.78, 5) is 11.2. The molecule has 0 radical (unpaired) electrons. The Balaban J connectivity index is 3.10. The van der Waals surface area contributed by atoms with Crippen LogP contribution in [0.1, 0.15) is 38.8 Å². The maximum atomic E-state index is 11.2. The molecule has 0 amide bonds. The number of hydrogen-bond acceptors (Lipinski definition) is 2. The quantitative estimate of drug-likeness (QED) is 0.870.